The Morgan fingerprint density at radius 1 is 1.23 bits per heavy atom. The number of fused-ring (bicyclic) bond motifs is 3. The van der Waals surface area contributed by atoms with Gasteiger partial charge in [0.15, 0.2) is 0 Å². The first-order valence-electron chi connectivity index (χ1n) is 10.9. The highest BCUT2D eigenvalue weighted by Crippen LogP contribution is 2.61. The Hall–Kier alpha value is -1.67. The zero-order chi connectivity index (χ0) is 20.9. The molecular weight excluding hydrogens is 489 g/mol. The summed E-state index contributed by atoms with van der Waals surface area (Å²) < 4.78 is 3.28. The molecule has 30 heavy (non-hydrogen) atoms. The number of hydrogen-bond acceptors (Lipinski definition) is 3. The molecule has 1 spiro atoms. The summed E-state index contributed by atoms with van der Waals surface area (Å²) in [6, 6.07) is 8.48. The largest absolute Gasteiger partial charge is 0.396 e. The molecule has 2 aromatic rings. The van der Waals surface area contributed by atoms with Crippen molar-refractivity contribution in [1.29, 1.82) is 0 Å². The molecule has 5 nitrogen and oxygen atoms in total. The number of amides is 1. The maximum atomic E-state index is 12.8. The van der Waals surface area contributed by atoms with Crippen LogP contribution in [0.1, 0.15) is 50.3 Å². The molecule has 1 aromatic carbocycles. The van der Waals surface area contributed by atoms with Crippen molar-refractivity contribution in [2.24, 2.45) is 10.8 Å². The molecule has 1 saturated heterocycles. The van der Waals surface area contributed by atoms with Gasteiger partial charge in [-0.3, -0.25) is 4.79 Å². The van der Waals surface area contributed by atoms with Crippen molar-refractivity contribution in [3.05, 3.63) is 50.9 Å². The summed E-state index contributed by atoms with van der Waals surface area (Å²) in [5, 5.41) is 14.0. The van der Waals surface area contributed by atoms with Crippen molar-refractivity contribution in [3.8, 4) is 5.69 Å². The van der Waals surface area contributed by atoms with E-state index in [1.807, 2.05) is 11.1 Å². The number of halogens is 1. The third-order valence-electron chi connectivity index (χ3n) is 7.72. The first-order valence-corrected chi connectivity index (χ1v) is 12.0. The topological polar surface area (TPSA) is 58.4 Å². The molecule has 1 N–H and O–H groups in total. The van der Waals surface area contributed by atoms with Gasteiger partial charge in [0.2, 0.25) is 5.91 Å². The molecular formula is C24H28IN3O2. The van der Waals surface area contributed by atoms with Crippen LogP contribution in [0.15, 0.2) is 36.0 Å². The van der Waals surface area contributed by atoms with Gasteiger partial charge in [-0.05, 0) is 90.6 Å². The van der Waals surface area contributed by atoms with Crippen LogP contribution in [0.4, 0.5) is 0 Å². The molecule has 1 amide bonds. The van der Waals surface area contributed by atoms with Gasteiger partial charge in [-0.2, -0.15) is 5.10 Å². The number of carbonyl (C=O) groups excluding carboxylic acids is 1. The molecule has 3 aliphatic rings. The predicted molar refractivity (Wildman–Crippen MR) is 125 cm³/mol. The Morgan fingerprint density at radius 3 is 2.80 bits per heavy atom. The Bertz CT molecular complexity index is 1010. The van der Waals surface area contributed by atoms with Gasteiger partial charge in [0.25, 0.3) is 0 Å². The van der Waals surface area contributed by atoms with Crippen LogP contribution in [0.3, 0.4) is 0 Å². The summed E-state index contributed by atoms with van der Waals surface area (Å²) in [4.78, 5) is 14.8. The molecule has 158 valence electrons. The molecule has 0 unspecified atom stereocenters. The van der Waals surface area contributed by atoms with Gasteiger partial charge in [0, 0.05) is 40.5 Å². The first kappa shape index (κ1) is 20.2. The number of hydrogen-bond donors (Lipinski definition) is 1. The smallest absolute Gasteiger partial charge is 0.223 e. The summed E-state index contributed by atoms with van der Waals surface area (Å²) in [5.41, 5.74) is 5.03. The fraction of sp³-hybridized carbons (Fsp3) is 0.500. The van der Waals surface area contributed by atoms with Gasteiger partial charge in [-0.1, -0.05) is 12.5 Å². The maximum absolute atomic E-state index is 12.8. The highest BCUT2D eigenvalue weighted by atomic mass is 127. The van der Waals surface area contributed by atoms with Gasteiger partial charge in [-0.15, -0.1) is 0 Å². The normalized spacial score (nSPS) is 27.9. The van der Waals surface area contributed by atoms with Crippen molar-refractivity contribution in [1.82, 2.24) is 14.7 Å². The molecule has 5 rings (SSSR count). The van der Waals surface area contributed by atoms with Crippen molar-refractivity contribution >= 4 is 34.6 Å². The van der Waals surface area contributed by atoms with Gasteiger partial charge in [0.05, 0.1) is 17.6 Å². The van der Waals surface area contributed by atoms with E-state index < -0.39 is 0 Å². The van der Waals surface area contributed by atoms with Gasteiger partial charge >= 0.3 is 0 Å². The summed E-state index contributed by atoms with van der Waals surface area (Å²) >= 11 is 2.33. The minimum Gasteiger partial charge on any atom is -0.396 e. The molecule has 1 aliphatic heterocycles. The van der Waals surface area contributed by atoms with Crippen LogP contribution in [-0.4, -0.2) is 45.4 Å². The van der Waals surface area contributed by atoms with Crippen LogP contribution in [0, 0.1) is 14.4 Å². The lowest BCUT2D eigenvalue weighted by molar-refractivity contribution is -0.128. The minimum absolute atomic E-state index is 0.00767. The number of carbonyl (C=O) groups is 1. The average molecular weight is 517 g/mol. The van der Waals surface area contributed by atoms with Crippen molar-refractivity contribution in [2.75, 3.05) is 19.7 Å². The lowest BCUT2D eigenvalue weighted by Crippen LogP contribution is -2.48. The van der Waals surface area contributed by atoms with E-state index >= 15 is 0 Å². The SMILES string of the molecule is C[C@]12Cc3cnn(-c4ccc(I)cc4)c3C=C1CCC[C@]21CC(=O)N(CCCO)C1. The summed E-state index contributed by atoms with van der Waals surface area (Å²) in [6.45, 7) is 4.01. The predicted octanol–water partition coefficient (Wildman–Crippen LogP) is 4.21. The van der Waals surface area contributed by atoms with E-state index in [9.17, 15) is 9.90 Å². The number of rotatable bonds is 4. The molecule has 1 aromatic heterocycles. The zero-order valence-corrected chi connectivity index (χ0v) is 19.6. The standard InChI is InChI=1S/C24H28IN3O2/c1-23-13-17-15-26-28(20-7-5-19(25)6-8-20)21(17)12-18(23)4-2-9-24(23)14-22(30)27(16-24)10-3-11-29/h5-8,12,15,29H,2-4,9-11,13-14,16H2,1H3/t23-,24+/m0/s1. The van der Waals surface area contributed by atoms with E-state index in [0.717, 1.165) is 37.9 Å². The van der Waals surface area contributed by atoms with Gasteiger partial charge < -0.3 is 10.0 Å². The van der Waals surface area contributed by atoms with Crippen LogP contribution < -0.4 is 0 Å². The van der Waals surface area contributed by atoms with E-state index in [4.69, 9.17) is 5.10 Å². The second-order valence-corrected chi connectivity index (χ2v) is 10.6. The van der Waals surface area contributed by atoms with Crippen LogP contribution in [0.2, 0.25) is 0 Å². The van der Waals surface area contributed by atoms with Gasteiger partial charge in [-0.25, -0.2) is 4.68 Å². The number of aliphatic hydroxyl groups excluding tert-OH is 1. The monoisotopic (exact) mass is 517 g/mol. The molecule has 2 atom stereocenters. The molecule has 2 aliphatic carbocycles. The Balaban J connectivity index is 1.51. The minimum atomic E-state index is -0.0121. The number of aliphatic hydroxyl groups is 1. The van der Waals surface area contributed by atoms with Crippen molar-refractivity contribution in [3.63, 3.8) is 0 Å². The second kappa shape index (κ2) is 7.48. The van der Waals surface area contributed by atoms with Crippen LogP contribution in [-0.2, 0) is 11.2 Å². The molecule has 6 heteroatoms. The Labute approximate surface area is 191 Å². The molecule has 2 heterocycles. The average Bonchev–Trinajstić information content (AvgIpc) is 3.27. The fourth-order valence-electron chi connectivity index (χ4n) is 5.97. The molecule has 2 fully saturated rings. The summed E-state index contributed by atoms with van der Waals surface area (Å²) in [7, 11) is 0. The third kappa shape index (κ3) is 3.06. The molecule has 0 radical (unpaired) electrons. The number of benzene rings is 1. The van der Waals surface area contributed by atoms with E-state index in [2.05, 4.69) is 64.5 Å². The zero-order valence-electron chi connectivity index (χ0n) is 17.4. The Morgan fingerprint density at radius 2 is 2.03 bits per heavy atom. The van der Waals surface area contributed by atoms with Crippen LogP contribution in [0.25, 0.3) is 11.8 Å². The highest BCUT2D eigenvalue weighted by Gasteiger charge is 2.58. The summed E-state index contributed by atoms with van der Waals surface area (Å²) in [5.74, 6) is 0.256. The molecule has 1 saturated carbocycles. The van der Waals surface area contributed by atoms with Crippen LogP contribution in [0.5, 0.6) is 0 Å². The van der Waals surface area contributed by atoms with Crippen molar-refractivity contribution < 1.29 is 9.90 Å². The van der Waals surface area contributed by atoms with E-state index in [0.29, 0.717) is 19.4 Å². The maximum Gasteiger partial charge on any atom is 0.223 e. The Kier molecular flexibility index (Phi) is 5.05. The summed E-state index contributed by atoms with van der Waals surface area (Å²) in [6.07, 6.45) is 9.96. The highest BCUT2D eigenvalue weighted by molar-refractivity contribution is 14.1. The number of nitrogens with zero attached hydrogens (tertiary/aromatic N) is 3. The quantitative estimate of drug-likeness (QED) is 0.619. The lowest BCUT2D eigenvalue weighted by Gasteiger charge is -2.53. The van der Waals surface area contributed by atoms with E-state index in [1.165, 1.54) is 20.4 Å². The van der Waals surface area contributed by atoms with E-state index in [-0.39, 0.29) is 23.3 Å². The first-order chi connectivity index (χ1) is 14.5. The second-order valence-electron chi connectivity index (χ2n) is 9.32. The third-order valence-corrected chi connectivity index (χ3v) is 8.43. The fourth-order valence-corrected chi connectivity index (χ4v) is 6.33. The molecule has 0 bridgehead atoms. The van der Waals surface area contributed by atoms with E-state index in [1.54, 1.807) is 0 Å². The van der Waals surface area contributed by atoms with Gasteiger partial charge in [0.1, 0.15) is 0 Å². The number of likely N-dealkylation sites (tertiary alicyclic amines) is 1. The number of allylic oxidation sites excluding steroid dienone is 1. The van der Waals surface area contributed by atoms with Crippen molar-refractivity contribution in [2.45, 2.75) is 45.4 Å². The number of aromatic nitrogens is 2. The van der Waals surface area contributed by atoms with Crippen LogP contribution >= 0.6 is 22.6 Å². The lowest BCUT2D eigenvalue weighted by atomic mass is 9.51.